The molecule has 0 N–H and O–H groups in total. The van der Waals surface area contributed by atoms with E-state index >= 15 is 0 Å². The zero-order valence-electron chi connectivity index (χ0n) is 13.8. The third-order valence-electron chi connectivity index (χ3n) is 4.17. The molecule has 0 unspecified atom stereocenters. The van der Waals surface area contributed by atoms with Crippen molar-refractivity contribution in [2.45, 2.75) is 59.3 Å². The lowest BCUT2D eigenvalue weighted by molar-refractivity contribution is 0.718. The number of rotatable bonds is 7. The van der Waals surface area contributed by atoms with Crippen LogP contribution in [-0.2, 0) is 12.8 Å². The molecule has 0 aliphatic carbocycles. The third kappa shape index (κ3) is 3.75. The van der Waals surface area contributed by atoms with Crippen LogP contribution in [0.3, 0.4) is 0 Å². The zero-order valence-corrected chi connectivity index (χ0v) is 13.8. The summed E-state index contributed by atoms with van der Waals surface area (Å²) in [6.45, 7) is 6.67. The first kappa shape index (κ1) is 15.8. The van der Waals surface area contributed by atoms with Crippen LogP contribution in [0.5, 0.6) is 0 Å². The van der Waals surface area contributed by atoms with Crippen LogP contribution in [0.15, 0.2) is 36.4 Å². The van der Waals surface area contributed by atoms with Gasteiger partial charge in [-0.3, -0.25) is 0 Å². The number of hydrogen-bond donors (Lipinski definition) is 0. The van der Waals surface area contributed by atoms with Gasteiger partial charge in [-0.05, 0) is 53.6 Å². The Kier molecular flexibility index (Phi) is 6.04. The van der Waals surface area contributed by atoms with Gasteiger partial charge in [-0.25, -0.2) is 0 Å². The van der Waals surface area contributed by atoms with Crippen molar-refractivity contribution in [2.24, 2.45) is 0 Å². The highest BCUT2D eigenvalue weighted by Gasteiger charge is 2.10. The molecule has 0 saturated carbocycles. The van der Waals surface area contributed by atoms with Gasteiger partial charge in [0.2, 0.25) is 0 Å². The maximum Gasteiger partial charge on any atom is -0.0146 e. The Balaban J connectivity index is 2.58. The number of benzene rings is 2. The van der Waals surface area contributed by atoms with Gasteiger partial charge in [-0.15, -0.1) is 0 Å². The first-order valence-corrected chi connectivity index (χ1v) is 8.48. The average Bonchev–Trinajstić information content (AvgIpc) is 2.50. The Hall–Kier alpha value is -1.56. The van der Waals surface area contributed by atoms with Crippen LogP contribution >= 0.6 is 0 Å². The number of fused-ring (bicyclic) bond motifs is 1. The summed E-state index contributed by atoms with van der Waals surface area (Å²) in [5.74, 6) is 0. The van der Waals surface area contributed by atoms with Crippen LogP contribution in [-0.4, -0.2) is 0 Å². The van der Waals surface area contributed by atoms with Crippen molar-refractivity contribution < 1.29 is 0 Å². The second kappa shape index (κ2) is 8.02. The van der Waals surface area contributed by atoms with Crippen molar-refractivity contribution in [1.82, 2.24) is 0 Å². The van der Waals surface area contributed by atoms with E-state index in [1.807, 2.05) is 0 Å². The van der Waals surface area contributed by atoms with Crippen molar-refractivity contribution in [1.29, 1.82) is 0 Å². The maximum absolute atomic E-state index is 2.40. The smallest absolute Gasteiger partial charge is 0.0146 e. The minimum absolute atomic E-state index is 1.17. The van der Waals surface area contributed by atoms with Crippen molar-refractivity contribution in [3.8, 4) is 0 Å². The highest BCUT2D eigenvalue weighted by Crippen LogP contribution is 2.29. The number of aryl methyl sites for hydroxylation is 2. The maximum atomic E-state index is 2.40. The number of allylic oxidation sites excluding steroid dienone is 1. The summed E-state index contributed by atoms with van der Waals surface area (Å²) in [5, 5.41) is 2.85. The van der Waals surface area contributed by atoms with Crippen LogP contribution in [0.25, 0.3) is 16.8 Å². The topological polar surface area (TPSA) is 0 Å². The van der Waals surface area contributed by atoms with Crippen LogP contribution in [0.4, 0.5) is 0 Å². The number of unbranched alkanes of at least 4 members (excludes halogenated alkanes) is 2. The zero-order chi connectivity index (χ0) is 15.1. The molecule has 0 radical (unpaired) electrons. The van der Waals surface area contributed by atoms with E-state index in [-0.39, 0.29) is 0 Å². The highest BCUT2D eigenvalue weighted by molar-refractivity contribution is 5.90. The molecule has 0 spiro atoms. The first-order valence-electron chi connectivity index (χ1n) is 8.48. The van der Waals surface area contributed by atoms with E-state index in [0.717, 1.165) is 0 Å². The van der Waals surface area contributed by atoms with Gasteiger partial charge in [0.25, 0.3) is 0 Å². The van der Waals surface area contributed by atoms with Crippen LogP contribution in [0.2, 0.25) is 0 Å². The predicted octanol–water partition coefficient (Wildman–Crippen LogP) is 6.56. The van der Waals surface area contributed by atoms with Gasteiger partial charge in [-0.1, -0.05) is 75.6 Å². The Morgan fingerprint density at radius 2 is 1.76 bits per heavy atom. The fraction of sp³-hybridized carbons (Fsp3) is 0.429. The molecule has 0 heteroatoms. The molecule has 0 aromatic heterocycles. The second-order valence-electron chi connectivity index (χ2n) is 5.86. The van der Waals surface area contributed by atoms with E-state index in [4.69, 9.17) is 0 Å². The van der Waals surface area contributed by atoms with E-state index in [1.54, 1.807) is 5.56 Å². The molecule has 0 aliphatic rings. The standard InChI is InChI=1S/C21H28/c1-4-7-8-15-21-19(12-6-3)17(11-5-2)16-18-13-9-10-14-20(18)21/h6,9-10,12-14,16H,4-5,7-8,11,15H2,1-3H3. The SMILES string of the molecule is CC=Cc1c(CCC)cc2ccccc2c1CCCCC. The van der Waals surface area contributed by atoms with Gasteiger partial charge in [0.1, 0.15) is 0 Å². The molecular weight excluding hydrogens is 252 g/mol. The molecule has 0 saturated heterocycles. The van der Waals surface area contributed by atoms with E-state index in [2.05, 4.69) is 63.3 Å². The first-order chi connectivity index (χ1) is 10.3. The van der Waals surface area contributed by atoms with E-state index < -0.39 is 0 Å². The van der Waals surface area contributed by atoms with Crippen molar-refractivity contribution in [2.75, 3.05) is 0 Å². The predicted molar refractivity (Wildman–Crippen MR) is 95.9 cm³/mol. The summed E-state index contributed by atoms with van der Waals surface area (Å²) in [4.78, 5) is 0. The summed E-state index contributed by atoms with van der Waals surface area (Å²) in [6, 6.07) is 11.3. The lowest BCUT2D eigenvalue weighted by Crippen LogP contribution is -1.98. The summed E-state index contributed by atoms with van der Waals surface area (Å²) >= 11 is 0. The molecule has 112 valence electrons. The minimum atomic E-state index is 1.17. The van der Waals surface area contributed by atoms with Gasteiger partial charge < -0.3 is 0 Å². The molecular formula is C21H28. The second-order valence-corrected chi connectivity index (χ2v) is 5.86. The molecule has 21 heavy (non-hydrogen) atoms. The number of hydrogen-bond acceptors (Lipinski definition) is 0. The van der Waals surface area contributed by atoms with Gasteiger partial charge in [-0.2, -0.15) is 0 Å². The Morgan fingerprint density at radius 1 is 0.952 bits per heavy atom. The summed E-state index contributed by atoms with van der Waals surface area (Å²) in [5.41, 5.74) is 4.55. The lowest BCUT2D eigenvalue weighted by atomic mass is 9.89. The van der Waals surface area contributed by atoms with Crippen LogP contribution < -0.4 is 0 Å². The largest absolute Gasteiger partial charge is 0.0870 e. The van der Waals surface area contributed by atoms with E-state index in [9.17, 15) is 0 Å². The monoisotopic (exact) mass is 280 g/mol. The molecule has 0 bridgehead atoms. The van der Waals surface area contributed by atoms with Gasteiger partial charge in [0, 0.05) is 0 Å². The quantitative estimate of drug-likeness (QED) is 0.504. The van der Waals surface area contributed by atoms with Crippen molar-refractivity contribution >= 4 is 16.8 Å². The molecule has 2 rings (SSSR count). The third-order valence-corrected chi connectivity index (χ3v) is 4.17. The van der Waals surface area contributed by atoms with Crippen molar-refractivity contribution in [3.05, 3.63) is 53.1 Å². The van der Waals surface area contributed by atoms with Crippen LogP contribution in [0.1, 0.15) is 63.1 Å². The van der Waals surface area contributed by atoms with Gasteiger partial charge >= 0.3 is 0 Å². The molecule has 0 nitrogen and oxygen atoms in total. The van der Waals surface area contributed by atoms with Gasteiger partial charge in [0.15, 0.2) is 0 Å². The lowest BCUT2D eigenvalue weighted by Gasteiger charge is -2.16. The Labute approximate surface area is 129 Å². The molecule has 0 aliphatic heterocycles. The van der Waals surface area contributed by atoms with E-state index in [1.165, 1.54) is 60.4 Å². The fourth-order valence-electron chi connectivity index (χ4n) is 3.17. The molecule has 0 fully saturated rings. The van der Waals surface area contributed by atoms with Crippen molar-refractivity contribution in [3.63, 3.8) is 0 Å². The molecule has 2 aromatic carbocycles. The average molecular weight is 280 g/mol. The molecule has 2 aromatic rings. The molecule has 0 atom stereocenters. The molecule has 0 amide bonds. The van der Waals surface area contributed by atoms with Gasteiger partial charge in [0.05, 0.1) is 0 Å². The van der Waals surface area contributed by atoms with Crippen LogP contribution in [0, 0.1) is 0 Å². The summed E-state index contributed by atoms with van der Waals surface area (Å²) in [7, 11) is 0. The van der Waals surface area contributed by atoms with E-state index in [0.29, 0.717) is 0 Å². The fourth-order valence-corrected chi connectivity index (χ4v) is 3.17. The Morgan fingerprint density at radius 3 is 2.48 bits per heavy atom. The summed E-state index contributed by atoms with van der Waals surface area (Å²) in [6.07, 6.45) is 12.0. The Bertz CT molecular complexity index is 605. The normalized spacial score (nSPS) is 11.6. The molecule has 0 heterocycles. The summed E-state index contributed by atoms with van der Waals surface area (Å²) < 4.78 is 0. The highest BCUT2D eigenvalue weighted by atomic mass is 14.1. The minimum Gasteiger partial charge on any atom is -0.0870 e.